The molecular formula is C14H20N2O5S. The summed E-state index contributed by atoms with van der Waals surface area (Å²) in [5, 5.41) is 2.54. The number of ether oxygens (including phenoxy) is 1. The first-order valence-electron chi connectivity index (χ1n) is 6.72. The van der Waals surface area contributed by atoms with E-state index in [-0.39, 0.29) is 24.3 Å². The van der Waals surface area contributed by atoms with E-state index in [0.29, 0.717) is 6.42 Å². The highest BCUT2D eigenvalue weighted by atomic mass is 32.2. The van der Waals surface area contributed by atoms with Gasteiger partial charge >= 0.3 is 5.97 Å². The minimum absolute atomic E-state index is 0.208. The van der Waals surface area contributed by atoms with Crippen LogP contribution in [0.3, 0.4) is 0 Å². The van der Waals surface area contributed by atoms with E-state index in [0.717, 1.165) is 10.6 Å². The van der Waals surface area contributed by atoms with E-state index in [1.54, 1.807) is 18.2 Å². The van der Waals surface area contributed by atoms with E-state index in [1.165, 1.54) is 13.2 Å². The molecule has 0 bridgehead atoms. The standard InChI is InChI=1S/C14H20N2O5S/c1-4-9-16(22(3,19)20)10-13(17)15-12-8-6-5-7-11(12)14(18)21-2/h5-8H,4,9-10H2,1-3H3,(H,15,17). The molecule has 0 aromatic heterocycles. The summed E-state index contributed by atoms with van der Waals surface area (Å²) in [6.45, 7) is 1.77. The van der Waals surface area contributed by atoms with Crippen LogP contribution in [0.2, 0.25) is 0 Å². The van der Waals surface area contributed by atoms with Gasteiger partial charge in [-0.15, -0.1) is 0 Å². The minimum atomic E-state index is -3.46. The highest BCUT2D eigenvalue weighted by Crippen LogP contribution is 2.16. The summed E-state index contributed by atoms with van der Waals surface area (Å²) in [6.07, 6.45) is 1.65. The molecule has 0 aliphatic carbocycles. The van der Waals surface area contributed by atoms with Crippen molar-refractivity contribution in [2.75, 3.05) is 31.8 Å². The predicted molar refractivity (Wildman–Crippen MR) is 83.1 cm³/mol. The molecule has 7 nitrogen and oxygen atoms in total. The van der Waals surface area contributed by atoms with Crippen LogP contribution in [-0.4, -0.2) is 51.1 Å². The molecule has 0 fully saturated rings. The lowest BCUT2D eigenvalue weighted by Gasteiger charge is -2.19. The summed E-state index contributed by atoms with van der Waals surface area (Å²) < 4.78 is 28.9. The third-order valence-electron chi connectivity index (χ3n) is 2.87. The molecule has 1 rings (SSSR count). The zero-order valence-electron chi connectivity index (χ0n) is 12.8. The van der Waals surface area contributed by atoms with Gasteiger partial charge in [-0.2, -0.15) is 4.31 Å². The van der Waals surface area contributed by atoms with Crippen molar-refractivity contribution in [1.82, 2.24) is 4.31 Å². The van der Waals surface area contributed by atoms with Crippen molar-refractivity contribution in [1.29, 1.82) is 0 Å². The second kappa shape index (κ2) is 7.90. The quantitative estimate of drug-likeness (QED) is 0.756. The van der Waals surface area contributed by atoms with Crippen LogP contribution in [0.1, 0.15) is 23.7 Å². The zero-order chi connectivity index (χ0) is 16.8. The lowest BCUT2D eigenvalue weighted by Crippen LogP contribution is -2.38. The summed E-state index contributed by atoms with van der Waals surface area (Å²) in [5.74, 6) is -1.10. The van der Waals surface area contributed by atoms with E-state index in [4.69, 9.17) is 0 Å². The van der Waals surface area contributed by atoms with Crippen molar-refractivity contribution in [3.05, 3.63) is 29.8 Å². The molecule has 122 valence electrons. The molecule has 0 spiro atoms. The third kappa shape index (κ3) is 5.12. The Bertz CT molecular complexity index is 642. The van der Waals surface area contributed by atoms with Gasteiger partial charge in [-0.1, -0.05) is 19.1 Å². The molecule has 0 aliphatic heterocycles. The van der Waals surface area contributed by atoms with Gasteiger partial charge in [-0.25, -0.2) is 13.2 Å². The summed E-state index contributed by atoms with van der Waals surface area (Å²) in [7, 11) is -2.22. The number of benzene rings is 1. The maximum atomic E-state index is 12.0. The number of nitrogens with zero attached hydrogens (tertiary/aromatic N) is 1. The number of amides is 1. The minimum Gasteiger partial charge on any atom is -0.465 e. The number of hydrogen-bond acceptors (Lipinski definition) is 5. The Hall–Kier alpha value is -1.93. The van der Waals surface area contributed by atoms with Gasteiger partial charge in [-0.05, 0) is 18.6 Å². The molecule has 8 heteroatoms. The summed E-state index contributed by atoms with van der Waals surface area (Å²) in [6, 6.07) is 6.36. The summed E-state index contributed by atoms with van der Waals surface area (Å²) in [4.78, 5) is 23.7. The van der Waals surface area contributed by atoms with Gasteiger partial charge < -0.3 is 10.1 Å². The van der Waals surface area contributed by atoms with Gasteiger partial charge in [0.25, 0.3) is 0 Å². The number of sulfonamides is 1. The first kappa shape index (κ1) is 18.1. The van der Waals surface area contributed by atoms with Crippen LogP contribution in [0.4, 0.5) is 5.69 Å². The number of carbonyl (C=O) groups excluding carboxylic acids is 2. The second-order valence-electron chi connectivity index (χ2n) is 4.68. The lowest BCUT2D eigenvalue weighted by molar-refractivity contribution is -0.116. The fourth-order valence-corrected chi connectivity index (χ4v) is 2.71. The largest absolute Gasteiger partial charge is 0.465 e. The molecule has 0 radical (unpaired) electrons. The van der Waals surface area contributed by atoms with Crippen molar-refractivity contribution in [3.8, 4) is 0 Å². The number of hydrogen-bond donors (Lipinski definition) is 1. The van der Waals surface area contributed by atoms with E-state index in [1.807, 2.05) is 6.92 Å². The Morgan fingerprint density at radius 2 is 1.91 bits per heavy atom. The van der Waals surface area contributed by atoms with Crippen LogP contribution < -0.4 is 5.32 Å². The van der Waals surface area contributed by atoms with E-state index in [2.05, 4.69) is 10.1 Å². The number of carbonyl (C=O) groups is 2. The molecule has 0 atom stereocenters. The highest BCUT2D eigenvalue weighted by Gasteiger charge is 2.20. The first-order chi connectivity index (χ1) is 10.3. The maximum absolute atomic E-state index is 12.0. The van der Waals surface area contributed by atoms with Crippen molar-refractivity contribution in [3.63, 3.8) is 0 Å². The monoisotopic (exact) mass is 328 g/mol. The van der Waals surface area contributed by atoms with Gasteiger partial charge in [0.05, 0.1) is 31.2 Å². The van der Waals surface area contributed by atoms with Crippen LogP contribution in [0.5, 0.6) is 0 Å². The van der Waals surface area contributed by atoms with Gasteiger partial charge in [0, 0.05) is 6.54 Å². The number of anilines is 1. The number of nitrogens with one attached hydrogen (secondary N) is 1. The van der Waals surface area contributed by atoms with Crippen molar-refractivity contribution in [2.45, 2.75) is 13.3 Å². The Balaban J connectivity index is 2.87. The Morgan fingerprint density at radius 3 is 2.45 bits per heavy atom. The fraction of sp³-hybridized carbons (Fsp3) is 0.429. The van der Waals surface area contributed by atoms with E-state index < -0.39 is 21.9 Å². The van der Waals surface area contributed by atoms with Crippen LogP contribution in [0, 0.1) is 0 Å². The summed E-state index contributed by atoms with van der Waals surface area (Å²) in [5.41, 5.74) is 0.490. The molecule has 1 N–H and O–H groups in total. The molecule has 0 aliphatic rings. The zero-order valence-corrected chi connectivity index (χ0v) is 13.6. The lowest BCUT2D eigenvalue weighted by atomic mass is 10.2. The maximum Gasteiger partial charge on any atom is 0.339 e. The number of esters is 1. The molecule has 0 heterocycles. The molecule has 1 aromatic rings. The SMILES string of the molecule is CCCN(CC(=O)Nc1ccccc1C(=O)OC)S(C)(=O)=O. The van der Waals surface area contributed by atoms with Gasteiger partial charge in [0.2, 0.25) is 15.9 Å². The van der Waals surface area contributed by atoms with Crippen LogP contribution >= 0.6 is 0 Å². The second-order valence-corrected chi connectivity index (χ2v) is 6.66. The van der Waals surface area contributed by atoms with Crippen molar-refractivity contribution >= 4 is 27.6 Å². The highest BCUT2D eigenvalue weighted by molar-refractivity contribution is 7.88. The molecule has 0 saturated carbocycles. The Labute approximate surface area is 130 Å². The molecule has 22 heavy (non-hydrogen) atoms. The number of para-hydroxylation sites is 1. The average Bonchev–Trinajstić information content (AvgIpc) is 2.45. The molecule has 0 unspecified atom stereocenters. The third-order valence-corrected chi connectivity index (χ3v) is 4.12. The molecule has 1 aromatic carbocycles. The van der Waals surface area contributed by atoms with Gasteiger partial charge in [0.15, 0.2) is 0 Å². The molecular weight excluding hydrogens is 308 g/mol. The van der Waals surface area contributed by atoms with Gasteiger partial charge in [0.1, 0.15) is 0 Å². The van der Waals surface area contributed by atoms with Crippen molar-refractivity contribution < 1.29 is 22.7 Å². The molecule has 0 saturated heterocycles. The Kier molecular flexibility index (Phi) is 6.51. The van der Waals surface area contributed by atoms with Gasteiger partial charge in [-0.3, -0.25) is 4.79 Å². The van der Waals surface area contributed by atoms with E-state index >= 15 is 0 Å². The fourth-order valence-electron chi connectivity index (χ4n) is 1.84. The van der Waals surface area contributed by atoms with Crippen LogP contribution in [-0.2, 0) is 19.6 Å². The van der Waals surface area contributed by atoms with E-state index in [9.17, 15) is 18.0 Å². The normalized spacial score (nSPS) is 11.3. The average molecular weight is 328 g/mol. The number of methoxy groups -OCH3 is 1. The number of rotatable bonds is 7. The van der Waals surface area contributed by atoms with Crippen molar-refractivity contribution in [2.24, 2.45) is 0 Å². The van der Waals surface area contributed by atoms with Crippen LogP contribution in [0.15, 0.2) is 24.3 Å². The van der Waals surface area contributed by atoms with Crippen LogP contribution in [0.25, 0.3) is 0 Å². The molecule has 1 amide bonds. The smallest absolute Gasteiger partial charge is 0.339 e. The topological polar surface area (TPSA) is 92.8 Å². The summed E-state index contributed by atoms with van der Waals surface area (Å²) >= 11 is 0. The Morgan fingerprint density at radius 1 is 1.27 bits per heavy atom. The first-order valence-corrected chi connectivity index (χ1v) is 8.56. The predicted octanol–water partition coefficient (Wildman–Crippen LogP) is 1.08.